The molecule has 0 saturated carbocycles. The van der Waals surface area contributed by atoms with Crippen LogP contribution in [0.25, 0.3) is 0 Å². The molecule has 25 heavy (non-hydrogen) atoms. The Balaban J connectivity index is 1.73. The van der Waals surface area contributed by atoms with Gasteiger partial charge in [0.2, 0.25) is 11.8 Å². The number of carbonyl (C=O) groups is 3. The Labute approximate surface area is 148 Å². The first-order chi connectivity index (χ1) is 11.9. The van der Waals surface area contributed by atoms with Crippen molar-refractivity contribution in [2.75, 3.05) is 19.6 Å². The number of fused-ring (bicyclic) bond motifs is 1. The van der Waals surface area contributed by atoms with Gasteiger partial charge in [-0.3, -0.25) is 14.4 Å². The first kappa shape index (κ1) is 17.5. The molecule has 3 rings (SSSR count). The molecule has 0 unspecified atom stereocenters. The van der Waals surface area contributed by atoms with Crippen LogP contribution in [0.4, 0.5) is 0 Å². The third kappa shape index (κ3) is 3.52. The average Bonchev–Trinajstić information content (AvgIpc) is 2.58. The van der Waals surface area contributed by atoms with E-state index in [-0.39, 0.29) is 24.3 Å². The first-order valence-corrected chi connectivity index (χ1v) is 8.83. The number of hydrogen-bond acceptors (Lipinski definition) is 3. The molecule has 2 aliphatic heterocycles. The van der Waals surface area contributed by atoms with Gasteiger partial charge in [-0.05, 0) is 31.4 Å². The van der Waals surface area contributed by atoms with Gasteiger partial charge in [0.15, 0.2) is 0 Å². The van der Waals surface area contributed by atoms with Gasteiger partial charge < -0.3 is 15.1 Å². The van der Waals surface area contributed by atoms with Crippen LogP contribution in [-0.4, -0.2) is 59.2 Å². The minimum Gasteiger partial charge on any atom is -0.342 e. The molecule has 1 N–H and O–H groups in total. The molecular weight excluding hydrogens is 318 g/mol. The van der Waals surface area contributed by atoms with Crippen LogP contribution in [0, 0.1) is 12.8 Å². The molecule has 6 nitrogen and oxygen atoms in total. The molecule has 0 aromatic heterocycles. The fourth-order valence-electron chi connectivity index (χ4n) is 3.58. The first-order valence-electron chi connectivity index (χ1n) is 8.83. The fourth-order valence-corrected chi connectivity index (χ4v) is 3.58. The van der Waals surface area contributed by atoms with Crippen molar-refractivity contribution in [1.82, 2.24) is 15.1 Å². The van der Waals surface area contributed by atoms with Crippen molar-refractivity contribution in [3.63, 3.8) is 0 Å². The monoisotopic (exact) mass is 343 g/mol. The Morgan fingerprint density at radius 2 is 2.04 bits per heavy atom. The number of carbonyl (C=O) groups excluding carboxylic acids is 3. The van der Waals surface area contributed by atoms with Crippen LogP contribution in [0.5, 0.6) is 0 Å². The van der Waals surface area contributed by atoms with E-state index in [0.717, 1.165) is 5.56 Å². The van der Waals surface area contributed by atoms with Gasteiger partial charge in [0.05, 0.1) is 6.54 Å². The summed E-state index contributed by atoms with van der Waals surface area (Å²) in [7, 11) is 0. The molecule has 134 valence electrons. The summed E-state index contributed by atoms with van der Waals surface area (Å²) in [4.78, 5) is 41.2. The number of nitrogens with one attached hydrogen (secondary N) is 1. The SMILES string of the molecule is Cc1cccc(C(=O)N2CCN3C(=O)[C@@H](CC(C)C)NC(=O)[C@H]3C2)c1. The Bertz CT molecular complexity index is 701. The molecular formula is C19H25N3O3. The van der Waals surface area contributed by atoms with Gasteiger partial charge in [0, 0.05) is 18.7 Å². The molecule has 6 heteroatoms. The third-order valence-corrected chi connectivity index (χ3v) is 4.84. The fraction of sp³-hybridized carbons (Fsp3) is 0.526. The quantitative estimate of drug-likeness (QED) is 0.896. The molecule has 0 aliphatic carbocycles. The maximum atomic E-state index is 12.7. The Hall–Kier alpha value is -2.37. The highest BCUT2D eigenvalue weighted by molar-refractivity contribution is 5.99. The lowest BCUT2D eigenvalue weighted by molar-refractivity contribution is -0.152. The highest BCUT2D eigenvalue weighted by atomic mass is 16.2. The predicted octanol–water partition coefficient (Wildman–Crippen LogP) is 1.19. The number of aryl methyl sites for hydroxylation is 1. The minimum atomic E-state index is -0.585. The highest BCUT2D eigenvalue weighted by Crippen LogP contribution is 2.21. The second kappa shape index (κ2) is 6.86. The zero-order chi connectivity index (χ0) is 18.1. The van der Waals surface area contributed by atoms with Crippen LogP contribution >= 0.6 is 0 Å². The maximum absolute atomic E-state index is 12.7. The van der Waals surface area contributed by atoms with Gasteiger partial charge in [-0.15, -0.1) is 0 Å². The van der Waals surface area contributed by atoms with Crippen molar-refractivity contribution in [2.45, 2.75) is 39.3 Å². The molecule has 2 fully saturated rings. The molecule has 2 atom stereocenters. The number of rotatable bonds is 3. The summed E-state index contributed by atoms with van der Waals surface area (Å²) in [5, 5.41) is 2.84. The summed E-state index contributed by atoms with van der Waals surface area (Å²) in [6.45, 7) is 7.11. The van der Waals surface area contributed by atoms with Crippen LogP contribution in [0.3, 0.4) is 0 Å². The minimum absolute atomic E-state index is 0.0269. The Kier molecular flexibility index (Phi) is 4.79. The van der Waals surface area contributed by atoms with Gasteiger partial charge in [0.25, 0.3) is 5.91 Å². The average molecular weight is 343 g/mol. The van der Waals surface area contributed by atoms with E-state index in [0.29, 0.717) is 31.0 Å². The summed E-state index contributed by atoms with van der Waals surface area (Å²) in [6, 6.07) is 6.40. The molecule has 0 radical (unpaired) electrons. The Morgan fingerprint density at radius 1 is 1.28 bits per heavy atom. The van der Waals surface area contributed by atoms with E-state index in [2.05, 4.69) is 5.32 Å². The van der Waals surface area contributed by atoms with E-state index in [4.69, 9.17) is 0 Å². The van der Waals surface area contributed by atoms with Crippen molar-refractivity contribution < 1.29 is 14.4 Å². The number of piperazine rings is 2. The molecule has 2 heterocycles. The normalized spacial score (nSPS) is 23.5. The van der Waals surface area contributed by atoms with E-state index < -0.39 is 12.1 Å². The second-order valence-electron chi connectivity index (χ2n) is 7.36. The van der Waals surface area contributed by atoms with Crippen molar-refractivity contribution >= 4 is 17.7 Å². The van der Waals surface area contributed by atoms with Crippen LogP contribution in [0.15, 0.2) is 24.3 Å². The summed E-state index contributed by atoms with van der Waals surface area (Å²) in [5.74, 6) is 0.0517. The number of nitrogens with zero attached hydrogens (tertiary/aromatic N) is 2. The predicted molar refractivity (Wildman–Crippen MR) is 94.0 cm³/mol. The van der Waals surface area contributed by atoms with E-state index in [1.165, 1.54) is 0 Å². The lowest BCUT2D eigenvalue weighted by atomic mass is 9.97. The maximum Gasteiger partial charge on any atom is 0.254 e. The number of amides is 3. The van der Waals surface area contributed by atoms with Crippen molar-refractivity contribution in [3.05, 3.63) is 35.4 Å². The van der Waals surface area contributed by atoms with Crippen molar-refractivity contribution in [2.24, 2.45) is 5.92 Å². The van der Waals surface area contributed by atoms with E-state index in [1.807, 2.05) is 39.0 Å². The third-order valence-electron chi connectivity index (χ3n) is 4.84. The highest BCUT2D eigenvalue weighted by Gasteiger charge is 2.44. The van der Waals surface area contributed by atoms with Crippen LogP contribution in [0.1, 0.15) is 36.2 Å². The topological polar surface area (TPSA) is 69.7 Å². The molecule has 0 bridgehead atoms. The molecule has 3 amide bonds. The standard InChI is InChI=1S/C19H25N3O3/c1-12(2)9-15-19(25)22-8-7-21(11-16(22)17(23)20-15)18(24)14-6-4-5-13(3)10-14/h4-6,10,12,15-16H,7-9,11H2,1-3H3,(H,20,23)/t15-,16-/m1/s1. The Morgan fingerprint density at radius 3 is 2.72 bits per heavy atom. The van der Waals surface area contributed by atoms with E-state index >= 15 is 0 Å². The van der Waals surface area contributed by atoms with Crippen LogP contribution < -0.4 is 5.32 Å². The zero-order valence-corrected chi connectivity index (χ0v) is 15.0. The summed E-state index contributed by atoms with van der Waals surface area (Å²) >= 11 is 0. The number of benzene rings is 1. The van der Waals surface area contributed by atoms with Crippen molar-refractivity contribution in [1.29, 1.82) is 0 Å². The summed E-state index contributed by atoms with van der Waals surface area (Å²) < 4.78 is 0. The van der Waals surface area contributed by atoms with Gasteiger partial charge in [-0.2, -0.15) is 0 Å². The van der Waals surface area contributed by atoms with Crippen LogP contribution in [-0.2, 0) is 9.59 Å². The van der Waals surface area contributed by atoms with Gasteiger partial charge in [-0.1, -0.05) is 31.5 Å². The van der Waals surface area contributed by atoms with Gasteiger partial charge in [0.1, 0.15) is 12.1 Å². The van der Waals surface area contributed by atoms with E-state index in [9.17, 15) is 14.4 Å². The summed E-state index contributed by atoms with van der Waals surface area (Å²) in [5.41, 5.74) is 1.64. The smallest absolute Gasteiger partial charge is 0.254 e. The number of hydrogen-bond donors (Lipinski definition) is 1. The molecule has 2 aliphatic rings. The van der Waals surface area contributed by atoms with E-state index in [1.54, 1.807) is 15.9 Å². The molecule has 1 aromatic rings. The van der Waals surface area contributed by atoms with Gasteiger partial charge in [-0.25, -0.2) is 0 Å². The lowest BCUT2D eigenvalue weighted by Crippen LogP contribution is -2.69. The van der Waals surface area contributed by atoms with Crippen LogP contribution in [0.2, 0.25) is 0 Å². The lowest BCUT2D eigenvalue weighted by Gasteiger charge is -2.45. The van der Waals surface area contributed by atoms with Gasteiger partial charge >= 0.3 is 0 Å². The summed E-state index contributed by atoms with van der Waals surface area (Å²) in [6.07, 6.45) is 0.639. The van der Waals surface area contributed by atoms with Crippen molar-refractivity contribution in [3.8, 4) is 0 Å². The largest absolute Gasteiger partial charge is 0.342 e. The molecule has 2 saturated heterocycles. The zero-order valence-electron chi connectivity index (χ0n) is 15.0. The molecule has 0 spiro atoms. The molecule has 1 aromatic carbocycles. The second-order valence-corrected chi connectivity index (χ2v) is 7.36.